The lowest BCUT2D eigenvalue weighted by Crippen LogP contribution is -2.35. The van der Waals surface area contributed by atoms with E-state index in [1.165, 1.54) is 6.20 Å². The molecule has 84 valence electrons. The third-order valence-corrected chi connectivity index (χ3v) is 2.22. The molecule has 0 radical (unpaired) electrons. The van der Waals surface area contributed by atoms with Crippen LogP contribution in [0.25, 0.3) is 0 Å². The molecule has 0 fully saturated rings. The lowest BCUT2D eigenvalue weighted by molar-refractivity contribution is 0.0932. The van der Waals surface area contributed by atoms with Crippen molar-refractivity contribution >= 4 is 11.6 Å². The van der Waals surface area contributed by atoms with Crippen molar-refractivity contribution < 1.29 is 4.79 Å². The molecule has 1 atom stereocenters. The van der Waals surface area contributed by atoms with E-state index >= 15 is 0 Å². The van der Waals surface area contributed by atoms with Gasteiger partial charge in [0.1, 0.15) is 0 Å². The first-order valence-electron chi connectivity index (χ1n) is 5.07. The molecule has 1 aromatic heterocycles. The highest BCUT2D eigenvalue weighted by atomic mass is 16.1. The van der Waals surface area contributed by atoms with E-state index in [0.717, 1.165) is 0 Å². The number of rotatable bonds is 4. The van der Waals surface area contributed by atoms with Crippen molar-refractivity contribution in [3.05, 3.63) is 24.0 Å². The van der Waals surface area contributed by atoms with Crippen LogP contribution in [-0.2, 0) is 0 Å². The summed E-state index contributed by atoms with van der Waals surface area (Å²) in [4.78, 5) is 15.7. The minimum absolute atomic E-state index is 0.154. The number of nitrogen functional groups attached to an aromatic ring is 1. The van der Waals surface area contributed by atoms with Crippen molar-refractivity contribution in [2.24, 2.45) is 0 Å². The van der Waals surface area contributed by atoms with Crippen molar-refractivity contribution in [1.29, 1.82) is 5.26 Å². The summed E-state index contributed by atoms with van der Waals surface area (Å²) in [6.07, 6.45) is 2.50. The first-order valence-corrected chi connectivity index (χ1v) is 5.07. The van der Waals surface area contributed by atoms with Crippen LogP contribution in [0, 0.1) is 11.3 Å². The molecule has 1 heterocycles. The molecule has 5 heteroatoms. The zero-order valence-corrected chi connectivity index (χ0v) is 9.10. The third kappa shape index (κ3) is 2.95. The Hall–Kier alpha value is -2.09. The SMILES string of the molecule is CCC(CC#N)NC(=O)c1ncccc1N. The van der Waals surface area contributed by atoms with Crippen molar-refractivity contribution in [2.75, 3.05) is 5.73 Å². The summed E-state index contributed by atoms with van der Waals surface area (Å²) in [7, 11) is 0. The normalized spacial score (nSPS) is 11.5. The minimum atomic E-state index is -0.333. The summed E-state index contributed by atoms with van der Waals surface area (Å²) < 4.78 is 0. The van der Waals surface area contributed by atoms with Gasteiger partial charge < -0.3 is 11.1 Å². The maximum absolute atomic E-state index is 11.7. The summed E-state index contributed by atoms with van der Waals surface area (Å²) in [5.41, 5.74) is 6.17. The predicted molar refractivity (Wildman–Crippen MR) is 60.4 cm³/mol. The lowest BCUT2D eigenvalue weighted by Gasteiger charge is -2.13. The van der Waals surface area contributed by atoms with Crippen molar-refractivity contribution in [1.82, 2.24) is 10.3 Å². The van der Waals surface area contributed by atoms with Crippen molar-refractivity contribution in [3.8, 4) is 6.07 Å². The molecule has 5 nitrogen and oxygen atoms in total. The smallest absolute Gasteiger partial charge is 0.272 e. The van der Waals surface area contributed by atoms with E-state index in [-0.39, 0.29) is 24.1 Å². The number of hydrogen-bond donors (Lipinski definition) is 2. The van der Waals surface area contributed by atoms with Crippen LogP contribution < -0.4 is 11.1 Å². The molecule has 0 aliphatic rings. The first kappa shape index (κ1) is 12.0. The maximum atomic E-state index is 11.7. The molecule has 1 rings (SSSR count). The van der Waals surface area contributed by atoms with E-state index in [1.54, 1.807) is 12.1 Å². The van der Waals surface area contributed by atoms with Crippen molar-refractivity contribution in [2.45, 2.75) is 25.8 Å². The number of nitrogens with two attached hydrogens (primary N) is 1. The Kier molecular flexibility index (Phi) is 4.28. The fraction of sp³-hybridized carbons (Fsp3) is 0.364. The van der Waals surface area contributed by atoms with E-state index in [2.05, 4.69) is 10.3 Å². The molecule has 16 heavy (non-hydrogen) atoms. The first-order chi connectivity index (χ1) is 7.69. The van der Waals surface area contributed by atoms with Gasteiger partial charge in [-0.3, -0.25) is 4.79 Å². The quantitative estimate of drug-likeness (QED) is 0.791. The van der Waals surface area contributed by atoms with Gasteiger partial charge in [-0.1, -0.05) is 6.92 Å². The molecule has 0 aliphatic heterocycles. The van der Waals surface area contributed by atoms with Gasteiger partial charge in [-0.2, -0.15) is 5.26 Å². The number of carbonyl (C=O) groups is 1. The van der Waals surface area contributed by atoms with Gasteiger partial charge in [-0.25, -0.2) is 4.98 Å². The second kappa shape index (κ2) is 5.71. The van der Waals surface area contributed by atoms with Crippen LogP contribution in [-0.4, -0.2) is 16.9 Å². The van der Waals surface area contributed by atoms with Gasteiger partial charge in [0.05, 0.1) is 18.2 Å². The van der Waals surface area contributed by atoms with Crippen LogP contribution in [0.2, 0.25) is 0 Å². The molecule has 0 aromatic carbocycles. The molecule has 1 unspecified atom stereocenters. The second-order valence-corrected chi connectivity index (χ2v) is 3.38. The number of anilines is 1. The summed E-state index contributed by atoms with van der Waals surface area (Å²) >= 11 is 0. The van der Waals surface area contributed by atoms with Crippen molar-refractivity contribution in [3.63, 3.8) is 0 Å². The number of pyridine rings is 1. The molecule has 1 aromatic rings. The van der Waals surface area contributed by atoms with Crippen LogP contribution in [0.15, 0.2) is 18.3 Å². The topological polar surface area (TPSA) is 91.8 Å². The minimum Gasteiger partial charge on any atom is -0.397 e. The van der Waals surface area contributed by atoms with E-state index < -0.39 is 0 Å². The van der Waals surface area contributed by atoms with Crippen LogP contribution >= 0.6 is 0 Å². The number of amides is 1. The molecular weight excluding hydrogens is 204 g/mol. The summed E-state index contributed by atoms with van der Waals surface area (Å²) in [6.45, 7) is 1.91. The van der Waals surface area contributed by atoms with Gasteiger partial charge in [0.25, 0.3) is 5.91 Å². The lowest BCUT2D eigenvalue weighted by atomic mass is 10.1. The fourth-order valence-electron chi connectivity index (χ4n) is 1.27. The molecule has 0 bridgehead atoms. The highest BCUT2D eigenvalue weighted by Crippen LogP contribution is 2.07. The Bertz CT molecular complexity index is 411. The summed E-state index contributed by atoms with van der Waals surface area (Å²) in [6, 6.07) is 5.15. The number of hydrogen-bond acceptors (Lipinski definition) is 4. The highest BCUT2D eigenvalue weighted by Gasteiger charge is 2.14. The zero-order chi connectivity index (χ0) is 12.0. The van der Waals surface area contributed by atoms with Crippen LogP contribution in [0.1, 0.15) is 30.3 Å². The standard InChI is InChI=1S/C11H14N4O/c1-2-8(5-6-12)15-11(16)10-9(13)4-3-7-14-10/h3-4,7-8H,2,5,13H2,1H3,(H,15,16). The number of nitrogens with one attached hydrogen (secondary N) is 1. The second-order valence-electron chi connectivity index (χ2n) is 3.38. The van der Waals surface area contributed by atoms with Gasteiger partial charge in [0, 0.05) is 12.2 Å². The Morgan fingerprint density at radius 3 is 3.06 bits per heavy atom. The summed E-state index contributed by atoms with van der Waals surface area (Å²) in [5, 5.41) is 11.3. The monoisotopic (exact) mass is 218 g/mol. The summed E-state index contributed by atoms with van der Waals surface area (Å²) in [5.74, 6) is -0.333. The Balaban J connectivity index is 2.73. The van der Waals surface area contributed by atoms with Gasteiger partial charge in [-0.05, 0) is 18.6 Å². The number of aromatic nitrogens is 1. The highest BCUT2D eigenvalue weighted by molar-refractivity contribution is 5.97. The van der Waals surface area contributed by atoms with Gasteiger partial charge in [0.2, 0.25) is 0 Å². The molecule has 0 spiro atoms. The fourth-order valence-corrected chi connectivity index (χ4v) is 1.27. The largest absolute Gasteiger partial charge is 0.397 e. The van der Waals surface area contributed by atoms with E-state index in [4.69, 9.17) is 11.0 Å². The van der Waals surface area contributed by atoms with E-state index in [0.29, 0.717) is 12.1 Å². The molecule has 0 saturated heterocycles. The number of nitrogens with zero attached hydrogens (tertiary/aromatic N) is 2. The van der Waals surface area contributed by atoms with Gasteiger partial charge in [0.15, 0.2) is 5.69 Å². The molecule has 0 aliphatic carbocycles. The van der Waals surface area contributed by atoms with Crippen LogP contribution in [0.4, 0.5) is 5.69 Å². The average Bonchev–Trinajstić information content (AvgIpc) is 2.28. The maximum Gasteiger partial charge on any atom is 0.272 e. The number of carbonyl (C=O) groups excluding carboxylic acids is 1. The zero-order valence-electron chi connectivity index (χ0n) is 9.10. The predicted octanol–water partition coefficient (Wildman–Crippen LogP) is 1.09. The van der Waals surface area contributed by atoms with E-state index in [9.17, 15) is 4.79 Å². The molecule has 1 amide bonds. The van der Waals surface area contributed by atoms with Gasteiger partial charge >= 0.3 is 0 Å². The number of nitriles is 1. The molecular formula is C11H14N4O. The third-order valence-electron chi connectivity index (χ3n) is 2.22. The van der Waals surface area contributed by atoms with Gasteiger partial charge in [-0.15, -0.1) is 0 Å². The molecule has 3 N–H and O–H groups in total. The Morgan fingerprint density at radius 2 is 2.50 bits per heavy atom. The Morgan fingerprint density at radius 1 is 1.75 bits per heavy atom. The van der Waals surface area contributed by atoms with Crippen LogP contribution in [0.5, 0.6) is 0 Å². The van der Waals surface area contributed by atoms with E-state index in [1.807, 2.05) is 13.0 Å². The average molecular weight is 218 g/mol. The van der Waals surface area contributed by atoms with Crippen LogP contribution in [0.3, 0.4) is 0 Å². The molecule has 0 saturated carbocycles. The Labute approximate surface area is 94.3 Å².